The summed E-state index contributed by atoms with van der Waals surface area (Å²) in [6, 6.07) is 2.69. The minimum absolute atomic E-state index is 0. The molecule has 0 radical (unpaired) electrons. The molecule has 150 valence electrons. The average Bonchev–Trinajstić information content (AvgIpc) is 3.07. The smallest absolute Gasteiger partial charge is 0.480 e. The van der Waals surface area contributed by atoms with Crippen LogP contribution in [0.3, 0.4) is 0 Å². The molecular weight excluding hydrogens is 401 g/mol. The molecule has 0 fully saturated rings. The molecule has 1 aliphatic heterocycles. The van der Waals surface area contributed by atoms with Crippen molar-refractivity contribution in [3.8, 4) is 11.5 Å². The molecule has 2 heterocycles. The second kappa shape index (κ2) is 9.35. The first-order valence-electron chi connectivity index (χ1n) is 7.55. The largest absolute Gasteiger partial charge is 1.00 e. The number of nitrogens with zero attached hydrogens (tertiary/aromatic N) is 3. The number of hydrogen-bond acceptors (Lipinski definition) is 5. The van der Waals surface area contributed by atoms with E-state index in [0.29, 0.717) is 11.1 Å². The zero-order valence-corrected chi connectivity index (χ0v) is 16.9. The summed E-state index contributed by atoms with van der Waals surface area (Å²) in [5, 5.41) is 6.54. The second-order valence-corrected chi connectivity index (χ2v) is 5.96. The predicted octanol–water partition coefficient (Wildman–Crippen LogP) is 0.594. The monoisotopic (exact) mass is 416 g/mol. The van der Waals surface area contributed by atoms with Crippen LogP contribution in [-0.2, 0) is 7.05 Å². The number of benzene rings is 1. The standard InChI is InChI=1S/C17H13ClF2N4O3.CH3.Li/c1-9-6-13-14(27-17(19,20)26-13)7-11(9)10(2)21-4-5-22-16(25)15-12(18)8-23-24(15)3;;/h2,4-8H,1,3H3,(H,22,25);1H3;/q-2;-1;+1. The number of hydrogen-bond donors (Lipinski definition) is 1. The van der Waals surface area contributed by atoms with Gasteiger partial charge in [0.15, 0.2) is 11.5 Å². The van der Waals surface area contributed by atoms with Gasteiger partial charge in [0.1, 0.15) is 5.69 Å². The summed E-state index contributed by atoms with van der Waals surface area (Å²) in [6.45, 7) is 8.80. The maximum absolute atomic E-state index is 13.1. The van der Waals surface area contributed by atoms with Crippen molar-refractivity contribution in [1.82, 2.24) is 15.1 Å². The molecule has 2 aromatic rings. The molecule has 1 aromatic heterocycles. The van der Waals surface area contributed by atoms with E-state index in [9.17, 15) is 13.6 Å². The van der Waals surface area contributed by atoms with E-state index in [2.05, 4.69) is 24.9 Å². The molecule has 0 atom stereocenters. The molecule has 1 aromatic carbocycles. The molecule has 0 unspecified atom stereocenters. The van der Waals surface area contributed by atoms with E-state index >= 15 is 0 Å². The molecule has 1 aliphatic rings. The molecule has 0 saturated heterocycles. The molecule has 0 aliphatic carbocycles. The topological polar surface area (TPSA) is 77.7 Å². The number of ether oxygens (including phenoxy) is 2. The summed E-state index contributed by atoms with van der Waals surface area (Å²) >= 11 is 5.88. The van der Waals surface area contributed by atoms with Crippen LogP contribution in [0.2, 0.25) is 5.02 Å². The van der Waals surface area contributed by atoms with Crippen LogP contribution in [0.1, 0.15) is 21.6 Å². The molecule has 0 bridgehead atoms. The number of alkyl halides is 2. The van der Waals surface area contributed by atoms with E-state index in [0.717, 1.165) is 0 Å². The molecule has 7 nitrogen and oxygen atoms in total. The third kappa shape index (κ3) is 5.32. The summed E-state index contributed by atoms with van der Waals surface area (Å²) in [5.41, 5.74) is 1.18. The Hall–Kier alpha value is -2.47. The van der Waals surface area contributed by atoms with Gasteiger partial charge in [-0.05, 0) is 6.07 Å². The van der Waals surface area contributed by atoms with Crippen molar-refractivity contribution in [3.05, 3.63) is 60.7 Å². The first kappa shape index (κ1) is 24.6. The van der Waals surface area contributed by atoms with Crippen molar-refractivity contribution < 1.29 is 41.9 Å². The number of fused-ring (bicyclic) bond motifs is 1. The molecule has 0 saturated carbocycles. The van der Waals surface area contributed by atoms with Gasteiger partial charge >= 0.3 is 25.2 Å². The van der Waals surface area contributed by atoms with Gasteiger partial charge < -0.3 is 27.2 Å². The zero-order chi connectivity index (χ0) is 19.8. The Morgan fingerprint density at radius 2 is 2.03 bits per heavy atom. The van der Waals surface area contributed by atoms with Crippen LogP contribution in [0.4, 0.5) is 8.78 Å². The van der Waals surface area contributed by atoms with Crippen molar-refractivity contribution in [2.24, 2.45) is 12.0 Å². The maximum Gasteiger partial charge on any atom is 1.00 e. The second-order valence-electron chi connectivity index (χ2n) is 5.55. The first-order valence-corrected chi connectivity index (χ1v) is 7.93. The van der Waals surface area contributed by atoms with Gasteiger partial charge in [0.2, 0.25) is 5.91 Å². The zero-order valence-electron chi connectivity index (χ0n) is 16.2. The van der Waals surface area contributed by atoms with Crippen LogP contribution in [-0.4, -0.2) is 28.2 Å². The van der Waals surface area contributed by atoms with Crippen molar-refractivity contribution in [1.29, 1.82) is 0 Å². The van der Waals surface area contributed by atoms with Gasteiger partial charge in [-0.15, -0.1) is 31.8 Å². The van der Waals surface area contributed by atoms with E-state index in [1.807, 2.05) is 0 Å². The third-order valence-corrected chi connectivity index (χ3v) is 3.91. The van der Waals surface area contributed by atoms with Gasteiger partial charge in [-0.3, -0.25) is 22.6 Å². The van der Waals surface area contributed by atoms with Crippen molar-refractivity contribution in [2.75, 3.05) is 0 Å². The van der Waals surface area contributed by atoms with E-state index in [-0.39, 0.29) is 54.2 Å². The normalized spacial score (nSPS) is 13.4. The Labute approximate surface area is 183 Å². The van der Waals surface area contributed by atoms with Gasteiger partial charge in [0.25, 0.3) is 0 Å². The predicted molar refractivity (Wildman–Crippen MR) is 100.0 cm³/mol. The van der Waals surface area contributed by atoms with Crippen molar-refractivity contribution in [2.45, 2.75) is 13.2 Å². The van der Waals surface area contributed by atoms with Crippen LogP contribution in [0.25, 0.3) is 5.70 Å². The SMILES string of the molecule is [CH-]=C(N=C[CH-]NC(=O)c1c(Cl)cnn1C)c1cc2c(cc1C)OC(F)(F)O2.[CH3-].[Li+]. The van der Waals surface area contributed by atoms with E-state index in [1.165, 1.54) is 35.8 Å². The summed E-state index contributed by atoms with van der Waals surface area (Å²) < 4.78 is 36.4. The summed E-state index contributed by atoms with van der Waals surface area (Å²) in [5.74, 6) is -0.696. The van der Waals surface area contributed by atoms with Crippen molar-refractivity contribution in [3.63, 3.8) is 0 Å². The quantitative estimate of drug-likeness (QED) is 0.440. The van der Waals surface area contributed by atoms with Crippen LogP contribution >= 0.6 is 11.6 Å². The van der Waals surface area contributed by atoms with E-state index in [4.69, 9.17) is 18.2 Å². The molecule has 11 heteroatoms. The fourth-order valence-corrected chi connectivity index (χ4v) is 2.66. The number of amides is 1. The minimum Gasteiger partial charge on any atom is -0.480 e. The molecule has 3 rings (SSSR count). The number of aliphatic imine (C=N–C) groups is 1. The first-order chi connectivity index (χ1) is 12.7. The Morgan fingerprint density at radius 3 is 2.62 bits per heavy atom. The number of carbonyl (C=O) groups is 1. The summed E-state index contributed by atoms with van der Waals surface area (Å²) in [6.07, 6.45) is -1.12. The molecule has 1 N–H and O–H groups in total. The molecule has 0 spiro atoms. The molecule has 29 heavy (non-hydrogen) atoms. The van der Waals surface area contributed by atoms with E-state index in [1.54, 1.807) is 14.0 Å². The Balaban J connectivity index is 0.00000210. The van der Waals surface area contributed by atoms with Crippen LogP contribution < -0.4 is 33.7 Å². The number of aromatic nitrogens is 2. The third-order valence-electron chi connectivity index (χ3n) is 3.64. The van der Waals surface area contributed by atoms with E-state index < -0.39 is 12.2 Å². The Bertz CT molecular complexity index is 943. The minimum atomic E-state index is -3.71. The Morgan fingerprint density at radius 1 is 1.41 bits per heavy atom. The van der Waals surface area contributed by atoms with Gasteiger partial charge in [-0.25, -0.2) is 0 Å². The maximum atomic E-state index is 13.1. The van der Waals surface area contributed by atoms with Crippen molar-refractivity contribution >= 4 is 29.4 Å². The Kier molecular flexibility index (Phi) is 7.92. The van der Waals surface area contributed by atoms with Crippen LogP contribution in [0, 0.1) is 27.5 Å². The summed E-state index contributed by atoms with van der Waals surface area (Å²) in [4.78, 5) is 16.0. The number of halogens is 3. The van der Waals surface area contributed by atoms with Gasteiger partial charge in [-0.1, -0.05) is 24.6 Å². The molecular formula is C18H16ClF2LiN4O3-2. The van der Waals surface area contributed by atoms with Gasteiger partial charge in [-0.2, -0.15) is 5.10 Å². The van der Waals surface area contributed by atoms with Gasteiger partial charge in [0, 0.05) is 7.05 Å². The number of aryl methyl sites for hydroxylation is 2. The van der Waals surface area contributed by atoms with Crippen LogP contribution in [0.15, 0.2) is 23.3 Å². The summed E-state index contributed by atoms with van der Waals surface area (Å²) in [7, 11) is 1.58. The number of rotatable bonds is 5. The fourth-order valence-electron chi connectivity index (χ4n) is 2.41. The number of carbonyl (C=O) groups excluding carboxylic acids is 1. The van der Waals surface area contributed by atoms with Gasteiger partial charge in [0.05, 0.1) is 11.2 Å². The van der Waals surface area contributed by atoms with Crippen LogP contribution in [0.5, 0.6) is 11.5 Å². The number of nitrogens with one attached hydrogen (secondary N) is 1. The average molecular weight is 417 g/mol. The molecule has 1 amide bonds. The fraction of sp³-hybridized carbons (Fsp3) is 0.167.